The lowest BCUT2D eigenvalue weighted by molar-refractivity contribution is -0.137. The molecule has 0 aliphatic carbocycles. The van der Waals surface area contributed by atoms with Crippen molar-refractivity contribution in [2.75, 3.05) is 14.2 Å². The van der Waals surface area contributed by atoms with E-state index < -0.39 is 17.6 Å². The number of ether oxygens (including phenoxy) is 2. The topological polar surface area (TPSA) is 80.2 Å². The first-order chi connectivity index (χ1) is 16.6. The summed E-state index contributed by atoms with van der Waals surface area (Å²) in [7, 11) is 2.92. The summed E-state index contributed by atoms with van der Waals surface area (Å²) in [6, 6.07) is 12.1. The van der Waals surface area contributed by atoms with E-state index in [0.717, 1.165) is 12.1 Å². The maximum atomic E-state index is 12.8. The monoisotopic (exact) mass is 504 g/mol. The average molecular weight is 505 g/mol. The van der Waals surface area contributed by atoms with Crippen LogP contribution in [0.2, 0.25) is 5.02 Å². The molecule has 0 saturated heterocycles. The van der Waals surface area contributed by atoms with Crippen LogP contribution in [0.1, 0.15) is 32.6 Å². The van der Waals surface area contributed by atoms with Crippen LogP contribution in [0.25, 0.3) is 12.2 Å². The Morgan fingerprint density at radius 2 is 1.60 bits per heavy atom. The van der Waals surface area contributed by atoms with E-state index in [1.807, 2.05) is 0 Å². The van der Waals surface area contributed by atoms with Gasteiger partial charge < -0.3 is 14.6 Å². The number of hydrogen-bond acceptors (Lipinski definition) is 5. The Morgan fingerprint density at radius 1 is 0.971 bits per heavy atom. The van der Waals surface area contributed by atoms with Crippen molar-refractivity contribution in [2.45, 2.75) is 6.18 Å². The van der Waals surface area contributed by atoms with Gasteiger partial charge in [0.2, 0.25) is 0 Å². The van der Waals surface area contributed by atoms with E-state index in [0.29, 0.717) is 28.2 Å². The van der Waals surface area contributed by atoms with Crippen molar-refractivity contribution < 1.29 is 32.5 Å². The van der Waals surface area contributed by atoms with Crippen molar-refractivity contribution in [3.63, 3.8) is 0 Å². The number of benzene rings is 3. The molecule has 2 N–H and O–H groups in total. The third kappa shape index (κ3) is 6.54. The Morgan fingerprint density at radius 3 is 2.14 bits per heavy atom. The number of nitrogens with one attached hydrogen (secondary N) is 1. The largest absolute Gasteiger partial charge is 0.506 e. The van der Waals surface area contributed by atoms with Crippen molar-refractivity contribution in [3.05, 3.63) is 87.4 Å². The molecule has 0 unspecified atom stereocenters. The number of hydrogen-bond donors (Lipinski definition) is 2. The fourth-order valence-corrected chi connectivity index (χ4v) is 3.22. The van der Waals surface area contributed by atoms with Crippen LogP contribution in [0.4, 0.5) is 13.2 Å². The maximum Gasteiger partial charge on any atom is 0.416 e. The number of hydrazone groups is 1. The highest BCUT2D eigenvalue weighted by atomic mass is 35.5. The molecule has 0 atom stereocenters. The Bertz CT molecular complexity index is 1250. The Balaban J connectivity index is 1.79. The van der Waals surface area contributed by atoms with Gasteiger partial charge in [-0.15, -0.1) is 0 Å². The molecule has 0 radical (unpaired) electrons. The summed E-state index contributed by atoms with van der Waals surface area (Å²) < 4.78 is 49.1. The number of rotatable bonds is 7. The zero-order valence-electron chi connectivity index (χ0n) is 18.6. The van der Waals surface area contributed by atoms with E-state index in [2.05, 4.69) is 10.5 Å². The second kappa shape index (κ2) is 11.0. The van der Waals surface area contributed by atoms with E-state index in [1.165, 1.54) is 50.8 Å². The highest BCUT2D eigenvalue weighted by Gasteiger charge is 2.29. The first-order valence-corrected chi connectivity index (χ1v) is 10.4. The van der Waals surface area contributed by atoms with E-state index in [-0.39, 0.29) is 16.3 Å². The number of aromatic hydroxyl groups is 1. The lowest BCUT2D eigenvalue weighted by atomic mass is 10.1. The quantitative estimate of drug-likeness (QED) is 0.234. The van der Waals surface area contributed by atoms with Crippen LogP contribution >= 0.6 is 11.6 Å². The SMILES string of the molecule is COc1cc(C=NNC(=O)c2ccc(O)c(Cl)c2)cc(OC)c1C=Cc1ccc(C(F)(F)F)cc1. The van der Waals surface area contributed by atoms with Crippen LogP contribution in [0.5, 0.6) is 17.2 Å². The number of carbonyl (C=O) groups is 1. The minimum atomic E-state index is -4.40. The maximum absolute atomic E-state index is 12.8. The van der Waals surface area contributed by atoms with E-state index >= 15 is 0 Å². The summed E-state index contributed by atoms with van der Waals surface area (Å²) in [6.07, 6.45) is 0.284. The molecule has 35 heavy (non-hydrogen) atoms. The van der Waals surface area contributed by atoms with Gasteiger partial charge in [0.25, 0.3) is 5.91 Å². The summed E-state index contributed by atoms with van der Waals surface area (Å²) in [5.41, 5.74) is 3.52. The Kier molecular flexibility index (Phi) is 8.03. The molecule has 0 spiro atoms. The molecule has 10 heteroatoms. The normalized spacial score (nSPS) is 11.7. The summed E-state index contributed by atoms with van der Waals surface area (Å²) in [6.45, 7) is 0. The standard InChI is InChI=1S/C25H20ClF3N2O4/c1-34-22-11-16(14-30-31-24(33)17-6-10-21(32)20(26)13-17)12-23(35-2)19(22)9-5-15-3-7-18(8-4-15)25(27,28)29/h3-14,32H,1-2H3,(H,31,33). The van der Waals surface area contributed by atoms with Gasteiger partial charge in [0.1, 0.15) is 17.2 Å². The first-order valence-electron chi connectivity index (χ1n) is 10.1. The van der Waals surface area contributed by atoms with Crippen LogP contribution in [-0.2, 0) is 6.18 Å². The molecule has 0 heterocycles. The van der Waals surface area contributed by atoms with Crippen molar-refractivity contribution in [1.82, 2.24) is 5.43 Å². The van der Waals surface area contributed by atoms with Crippen molar-refractivity contribution >= 4 is 35.9 Å². The Hall–Kier alpha value is -3.98. The fourth-order valence-electron chi connectivity index (χ4n) is 3.04. The smallest absolute Gasteiger partial charge is 0.416 e. The molecule has 0 aliphatic heterocycles. The van der Waals surface area contributed by atoms with Gasteiger partial charge in [0, 0.05) is 11.1 Å². The van der Waals surface area contributed by atoms with Crippen LogP contribution < -0.4 is 14.9 Å². The van der Waals surface area contributed by atoms with Gasteiger partial charge in [-0.1, -0.05) is 29.8 Å². The molecule has 6 nitrogen and oxygen atoms in total. The lowest BCUT2D eigenvalue weighted by Crippen LogP contribution is -2.17. The van der Waals surface area contributed by atoms with Crippen LogP contribution in [0, 0.1) is 0 Å². The third-order valence-electron chi connectivity index (χ3n) is 4.84. The van der Waals surface area contributed by atoms with E-state index in [4.69, 9.17) is 21.1 Å². The molecule has 0 fully saturated rings. The minimum Gasteiger partial charge on any atom is -0.506 e. The number of carbonyl (C=O) groups excluding carboxylic acids is 1. The molecule has 0 bridgehead atoms. The number of phenolic OH excluding ortho intramolecular Hbond substituents is 1. The highest BCUT2D eigenvalue weighted by Crippen LogP contribution is 2.33. The summed E-state index contributed by atoms with van der Waals surface area (Å²) in [5, 5.41) is 13.4. The van der Waals surface area contributed by atoms with Crippen LogP contribution in [-0.4, -0.2) is 31.4 Å². The predicted molar refractivity (Wildman–Crippen MR) is 128 cm³/mol. The number of alkyl halides is 3. The fraction of sp³-hybridized carbons (Fsp3) is 0.120. The summed E-state index contributed by atoms with van der Waals surface area (Å²) in [4.78, 5) is 12.2. The van der Waals surface area contributed by atoms with Gasteiger partial charge in [0.15, 0.2) is 0 Å². The van der Waals surface area contributed by atoms with Crippen LogP contribution in [0.15, 0.2) is 59.7 Å². The van der Waals surface area contributed by atoms with Crippen LogP contribution in [0.3, 0.4) is 0 Å². The Labute approximate surface area is 204 Å². The highest BCUT2D eigenvalue weighted by molar-refractivity contribution is 6.32. The molecular weight excluding hydrogens is 485 g/mol. The molecular formula is C25H20ClF3N2O4. The van der Waals surface area contributed by atoms with Gasteiger partial charge in [0.05, 0.1) is 36.6 Å². The lowest BCUT2D eigenvalue weighted by Gasteiger charge is -2.12. The number of methoxy groups -OCH3 is 2. The van der Waals surface area contributed by atoms with Crippen molar-refractivity contribution in [1.29, 1.82) is 0 Å². The zero-order valence-corrected chi connectivity index (χ0v) is 19.3. The predicted octanol–water partition coefficient (Wildman–Crippen LogP) is 6.02. The zero-order chi connectivity index (χ0) is 25.6. The molecule has 1 amide bonds. The summed E-state index contributed by atoms with van der Waals surface area (Å²) >= 11 is 5.81. The van der Waals surface area contributed by atoms with E-state index in [9.17, 15) is 23.1 Å². The molecule has 182 valence electrons. The van der Waals surface area contributed by atoms with Gasteiger partial charge in [-0.05, 0) is 54.1 Å². The second-order valence-electron chi connectivity index (χ2n) is 7.16. The molecule has 3 aromatic rings. The first kappa shape index (κ1) is 25.6. The third-order valence-corrected chi connectivity index (χ3v) is 5.14. The second-order valence-corrected chi connectivity index (χ2v) is 7.56. The average Bonchev–Trinajstić information content (AvgIpc) is 2.83. The number of phenols is 1. The van der Waals surface area contributed by atoms with E-state index in [1.54, 1.807) is 24.3 Å². The number of amides is 1. The minimum absolute atomic E-state index is 0.0380. The molecule has 0 aliphatic rings. The van der Waals surface area contributed by atoms with Gasteiger partial charge in [-0.2, -0.15) is 18.3 Å². The van der Waals surface area contributed by atoms with Crippen molar-refractivity contribution in [3.8, 4) is 17.2 Å². The number of halogens is 4. The molecule has 3 rings (SSSR count). The van der Waals surface area contributed by atoms with Gasteiger partial charge >= 0.3 is 6.18 Å². The molecule has 0 saturated carbocycles. The van der Waals surface area contributed by atoms with Gasteiger partial charge in [-0.3, -0.25) is 4.79 Å². The van der Waals surface area contributed by atoms with Gasteiger partial charge in [-0.25, -0.2) is 5.43 Å². The summed E-state index contributed by atoms with van der Waals surface area (Å²) in [5.74, 6) is 0.174. The van der Waals surface area contributed by atoms with Crippen molar-refractivity contribution in [2.24, 2.45) is 5.10 Å². The number of nitrogens with zero attached hydrogens (tertiary/aromatic N) is 1. The molecule has 0 aromatic heterocycles. The molecule has 3 aromatic carbocycles.